The standard InChI is InChI=1S/C20H19Cl2N3O3S2/c1-12-10-30-20(27)24(12)9-18(26)25(8-14-3-2-6-28-14)19-23-17(11-29-19)15-5-4-13(21)7-16(15)22/h4-5,7,10-11,14H,2-3,6,8-9H2,1H3. The van der Waals surface area contributed by atoms with Crippen molar-refractivity contribution in [1.82, 2.24) is 9.55 Å². The molecule has 0 bridgehead atoms. The van der Waals surface area contributed by atoms with Crippen molar-refractivity contribution in [1.29, 1.82) is 0 Å². The molecule has 30 heavy (non-hydrogen) atoms. The van der Waals surface area contributed by atoms with Crippen molar-refractivity contribution in [2.75, 3.05) is 18.1 Å². The molecule has 0 N–H and O–H groups in total. The molecule has 0 spiro atoms. The van der Waals surface area contributed by atoms with Crippen molar-refractivity contribution in [2.24, 2.45) is 0 Å². The lowest BCUT2D eigenvalue weighted by Crippen LogP contribution is -2.40. The molecule has 1 aromatic carbocycles. The molecule has 2 aromatic heterocycles. The molecule has 1 saturated heterocycles. The molecule has 1 aliphatic rings. The van der Waals surface area contributed by atoms with Crippen LogP contribution in [-0.4, -0.2) is 34.7 Å². The summed E-state index contributed by atoms with van der Waals surface area (Å²) in [6, 6.07) is 5.23. The molecule has 1 aliphatic heterocycles. The fourth-order valence-corrected chi connectivity index (χ4v) is 5.40. The average molecular weight is 484 g/mol. The Labute approximate surface area is 191 Å². The number of hydrogen-bond acceptors (Lipinski definition) is 6. The van der Waals surface area contributed by atoms with Crippen LogP contribution in [0, 0.1) is 6.92 Å². The molecule has 0 radical (unpaired) electrons. The third-order valence-corrected chi connectivity index (χ3v) is 7.20. The number of carbonyl (C=O) groups excluding carboxylic acids is 1. The third kappa shape index (κ3) is 4.63. The van der Waals surface area contributed by atoms with Gasteiger partial charge in [0.2, 0.25) is 5.91 Å². The first-order chi connectivity index (χ1) is 14.4. The summed E-state index contributed by atoms with van der Waals surface area (Å²) in [4.78, 5) is 31.4. The van der Waals surface area contributed by atoms with E-state index in [1.165, 1.54) is 15.9 Å². The van der Waals surface area contributed by atoms with Gasteiger partial charge >= 0.3 is 4.87 Å². The van der Waals surface area contributed by atoms with Crippen LogP contribution >= 0.6 is 45.9 Å². The zero-order valence-electron chi connectivity index (χ0n) is 16.1. The number of aromatic nitrogens is 2. The number of nitrogens with zero attached hydrogens (tertiary/aromatic N) is 3. The highest BCUT2D eigenvalue weighted by Crippen LogP contribution is 2.34. The van der Waals surface area contributed by atoms with Gasteiger partial charge in [-0.25, -0.2) is 4.98 Å². The van der Waals surface area contributed by atoms with Gasteiger partial charge in [0.15, 0.2) is 5.13 Å². The van der Waals surface area contributed by atoms with E-state index in [0.717, 1.165) is 35.4 Å². The molecule has 3 heterocycles. The topological polar surface area (TPSA) is 64.4 Å². The van der Waals surface area contributed by atoms with Crippen molar-refractivity contribution < 1.29 is 9.53 Å². The number of benzene rings is 1. The second-order valence-corrected chi connectivity index (χ2v) is 9.51. The van der Waals surface area contributed by atoms with Crippen LogP contribution in [-0.2, 0) is 16.1 Å². The molecule has 1 unspecified atom stereocenters. The second kappa shape index (κ2) is 9.20. The van der Waals surface area contributed by atoms with Crippen molar-refractivity contribution in [3.63, 3.8) is 0 Å². The Hall–Kier alpha value is -1.71. The molecule has 1 fully saturated rings. The first-order valence-corrected chi connectivity index (χ1v) is 11.9. The smallest absolute Gasteiger partial charge is 0.307 e. The number of halogens is 2. The van der Waals surface area contributed by atoms with E-state index in [4.69, 9.17) is 27.9 Å². The van der Waals surface area contributed by atoms with Gasteiger partial charge in [-0.1, -0.05) is 34.5 Å². The van der Waals surface area contributed by atoms with Gasteiger partial charge in [-0.2, -0.15) is 0 Å². The molecule has 1 atom stereocenters. The molecule has 6 nitrogen and oxygen atoms in total. The predicted molar refractivity (Wildman–Crippen MR) is 122 cm³/mol. The van der Waals surface area contributed by atoms with Gasteiger partial charge in [-0.3, -0.25) is 19.1 Å². The normalized spacial score (nSPS) is 16.2. The van der Waals surface area contributed by atoms with Crippen LogP contribution in [0.15, 0.2) is 33.8 Å². The lowest BCUT2D eigenvalue weighted by atomic mass is 10.2. The molecule has 10 heteroatoms. The number of carbonyl (C=O) groups is 1. The van der Waals surface area contributed by atoms with Crippen LogP contribution in [0.4, 0.5) is 5.13 Å². The second-order valence-electron chi connectivity index (χ2n) is 7.01. The number of aryl methyl sites for hydroxylation is 1. The van der Waals surface area contributed by atoms with E-state index >= 15 is 0 Å². The highest BCUT2D eigenvalue weighted by molar-refractivity contribution is 7.14. The Bertz CT molecular complexity index is 1120. The van der Waals surface area contributed by atoms with E-state index in [2.05, 4.69) is 4.98 Å². The summed E-state index contributed by atoms with van der Waals surface area (Å²) >= 11 is 14.8. The fraction of sp³-hybridized carbons (Fsp3) is 0.350. The Morgan fingerprint density at radius 2 is 2.17 bits per heavy atom. The Balaban J connectivity index is 1.63. The quantitative estimate of drug-likeness (QED) is 0.501. The van der Waals surface area contributed by atoms with Crippen LogP contribution in [0.2, 0.25) is 10.0 Å². The highest BCUT2D eigenvalue weighted by atomic mass is 35.5. The molecule has 4 rings (SSSR count). The minimum Gasteiger partial charge on any atom is -0.376 e. The highest BCUT2D eigenvalue weighted by Gasteiger charge is 2.27. The van der Waals surface area contributed by atoms with E-state index < -0.39 is 0 Å². The summed E-state index contributed by atoms with van der Waals surface area (Å²) in [6.07, 6.45) is 1.82. The minimum absolute atomic E-state index is 0.0303. The van der Waals surface area contributed by atoms with Gasteiger partial charge in [0.1, 0.15) is 6.54 Å². The van der Waals surface area contributed by atoms with Crippen molar-refractivity contribution >= 4 is 56.9 Å². The Kier molecular flexibility index (Phi) is 6.60. The average Bonchev–Trinajstić information content (AvgIpc) is 3.45. The monoisotopic (exact) mass is 483 g/mol. The van der Waals surface area contributed by atoms with E-state index in [0.29, 0.717) is 34.0 Å². The van der Waals surface area contributed by atoms with Crippen LogP contribution in [0.5, 0.6) is 0 Å². The van der Waals surface area contributed by atoms with Crippen LogP contribution in [0.3, 0.4) is 0 Å². The number of rotatable bonds is 6. The first kappa shape index (κ1) is 21.5. The SMILES string of the molecule is Cc1csc(=O)n1CC(=O)N(CC1CCCO1)c1nc(-c2ccc(Cl)cc2Cl)cs1. The van der Waals surface area contributed by atoms with Gasteiger partial charge < -0.3 is 4.74 Å². The van der Waals surface area contributed by atoms with Gasteiger partial charge in [0, 0.05) is 33.6 Å². The number of amides is 1. The molecule has 3 aromatic rings. The number of anilines is 1. The molecule has 1 amide bonds. The summed E-state index contributed by atoms with van der Waals surface area (Å²) < 4.78 is 7.23. The third-order valence-electron chi connectivity index (χ3n) is 4.91. The van der Waals surface area contributed by atoms with Crippen molar-refractivity contribution in [3.8, 4) is 11.3 Å². The molecule has 0 aliphatic carbocycles. The van der Waals surface area contributed by atoms with Crippen molar-refractivity contribution in [2.45, 2.75) is 32.4 Å². The number of hydrogen-bond donors (Lipinski definition) is 0. The Morgan fingerprint density at radius 3 is 2.83 bits per heavy atom. The summed E-state index contributed by atoms with van der Waals surface area (Å²) in [5.41, 5.74) is 2.19. The molecule has 0 saturated carbocycles. The summed E-state index contributed by atoms with van der Waals surface area (Å²) in [5.74, 6) is -0.197. The molecule has 158 valence electrons. The van der Waals surface area contributed by atoms with Gasteiger partial charge in [-0.05, 0) is 38.0 Å². The number of ether oxygens (including phenoxy) is 1. The van der Waals surface area contributed by atoms with Crippen LogP contribution in [0.25, 0.3) is 11.3 Å². The summed E-state index contributed by atoms with van der Waals surface area (Å²) in [5, 5.41) is 5.21. The number of thiazole rings is 2. The maximum atomic E-state index is 13.2. The van der Waals surface area contributed by atoms with E-state index in [1.807, 2.05) is 18.4 Å². The first-order valence-electron chi connectivity index (χ1n) is 9.40. The van der Waals surface area contributed by atoms with Gasteiger partial charge in [0.05, 0.1) is 23.4 Å². The summed E-state index contributed by atoms with van der Waals surface area (Å²) in [7, 11) is 0. The fourth-order valence-electron chi connectivity index (χ4n) is 3.30. The molecular weight excluding hydrogens is 465 g/mol. The van der Waals surface area contributed by atoms with Crippen molar-refractivity contribution in [3.05, 3.63) is 54.4 Å². The van der Waals surface area contributed by atoms with Crippen LogP contribution in [0.1, 0.15) is 18.5 Å². The maximum Gasteiger partial charge on any atom is 0.307 e. The zero-order chi connectivity index (χ0) is 21.3. The van der Waals surface area contributed by atoms with Crippen LogP contribution < -0.4 is 9.77 Å². The van der Waals surface area contributed by atoms with E-state index in [-0.39, 0.29) is 23.4 Å². The predicted octanol–water partition coefficient (Wildman–Crippen LogP) is 4.86. The van der Waals surface area contributed by atoms with E-state index in [9.17, 15) is 9.59 Å². The maximum absolute atomic E-state index is 13.2. The lowest BCUT2D eigenvalue weighted by molar-refractivity contribution is -0.119. The van der Waals surface area contributed by atoms with Gasteiger partial charge in [0.25, 0.3) is 0 Å². The largest absolute Gasteiger partial charge is 0.376 e. The minimum atomic E-state index is -0.197. The zero-order valence-corrected chi connectivity index (χ0v) is 19.3. The molecular formula is C20H19Cl2N3O3S2. The summed E-state index contributed by atoms with van der Waals surface area (Å²) in [6.45, 7) is 2.88. The lowest BCUT2D eigenvalue weighted by Gasteiger charge is -2.23. The van der Waals surface area contributed by atoms with Gasteiger partial charge in [-0.15, -0.1) is 11.3 Å². The van der Waals surface area contributed by atoms with E-state index in [1.54, 1.807) is 22.4 Å². The Morgan fingerprint density at radius 1 is 1.33 bits per heavy atom.